The molecule has 0 unspecified atom stereocenters. The Bertz CT molecular complexity index is 423. The number of hydrogen-bond acceptors (Lipinski definition) is 4. The molecule has 0 aliphatic carbocycles. The fourth-order valence-corrected chi connectivity index (χ4v) is 1.47. The maximum Gasteiger partial charge on any atom is 0.115 e. The summed E-state index contributed by atoms with van der Waals surface area (Å²) in [7, 11) is 1.93. The number of nitrogens with one attached hydrogen (secondary N) is 1. The van der Waals surface area contributed by atoms with Crippen molar-refractivity contribution in [1.82, 2.24) is 25.1 Å². The molecule has 2 heterocycles. The van der Waals surface area contributed by atoms with Crippen LogP contribution >= 0.6 is 0 Å². The number of aryl methyl sites for hydroxylation is 1. The van der Waals surface area contributed by atoms with E-state index in [4.69, 9.17) is 0 Å². The van der Waals surface area contributed by atoms with E-state index in [1.165, 1.54) is 6.33 Å². The molecular weight excluding hydrogens is 202 g/mol. The largest absolute Gasteiger partial charge is 0.312 e. The maximum atomic E-state index is 4.31. The molecule has 5 heteroatoms. The van der Waals surface area contributed by atoms with Gasteiger partial charge < -0.3 is 5.32 Å². The number of nitrogens with zero attached hydrogens (tertiary/aromatic N) is 4. The molecular formula is C11H15N5. The highest BCUT2D eigenvalue weighted by Crippen LogP contribution is 1.95. The van der Waals surface area contributed by atoms with E-state index in [0.717, 1.165) is 30.8 Å². The van der Waals surface area contributed by atoms with Crippen molar-refractivity contribution in [2.75, 3.05) is 6.54 Å². The van der Waals surface area contributed by atoms with Crippen LogP contribution in [0.1, 0.15) is 11.3 Å². The fourth-order valence-electron chi connectivity index (χ4n) is 1.47. The zero-order valence-corrected chi connectivity index (χ0v) is 9.30. The predicted octanol–water partition coefficient (Wildman–Crippen LogP) is 0.542. The van der Waals surface area contributed by atoms with Gasteiger partial charge in [-0.3, -0.25) is 4.68 Å². The molecule has 0 bridgehead atoms. The van der Waals surface area contributed by atoms with E-state index in [-0.39, 0.29) is 0 Å². The van der Waals surface area contributed by atoms with Crippen LogP contribution in [-0.2, 0) is 20.0 Å². The summed E-state index contributed by atoms with van der Waals surface area (Å²) in [5.41, 5.74) is 2.21. The van der Waals surface area contributed by atoms with E-state index >= 15 is 0 Å². The first-order valence-corrected chi connectivity index (χ1v) is 5.28. The number of hydrogen-bond donors (Lipinski definition) is 1. The van der Waals surface area contributed by atoms with Crippen LogP contribution in [0.15, 0.2) is 31.0 Å². The normalized spacial score (nSPS) is 10.6. The summed E-state index contributed by atoms with van der Waals surface area (Å²) in [6.07, 6.45) is 8.08. The lowest BCUT2D eigenvalue weighted by atomic mass is 10.3. The van der Waals surface area contributed by atoms with Gasteiger partial charge in [0.25, 0.3) is 0 Å². The lowest BCUT2D eigenvalue weighted by Gasteiger charge is -2.02. The molecule has 2 rings (SSSR count). The van der Waals surface area contributed by atoms with Gasteiger partial charge >= 0.3 is 0 Å². The van der Waals surface area contributed by atoms with Crippen molar-refractivity contribution in [2.45, 2.75) is 13.0 Å². The van der Waals surface area contributed by atoms with Crippen molar-refractivity contribution in [3.05, 3.63) is 42.2 Å². The Morgan fingerprint density at radius 3 is 2.81 bits per heavy atom. The molecule has 84 valence electrons. The van der Waals surface area contributed by atoms with E-state index in [1.54, 1.807) is 0 Å². The summed E-state index contributed by atoms with van der Waals surface area (Å²) in [6.45, 7) is 1.71. The Hall–Kier alpha value is -1.75. The molecule has 0 radical (unpaired) electrons. The predicted molar refractivity (Wildman–Crippen MR) is 60.7 cm³/mol. The molecule has 2 aromatic heterocycles. The smallest absolute Gasteiger partial charge is 0.115 e. The van der Waals surface area contributed by atoms with Crippen molar-refractivity contribution >= 4 is 0 Å². The Morgan fingerprint density at radius 2 is 2.12 bits per heavy atom. The highest BCUT2D eigenvalue weighted by molar-refractivity contribution is 5.02. The average Bonchev–Trinajstić information content (AvgIpc) is 2.72. The molecule has 0 aromatic carbocycles. The molecule has 0 saturated carbocycles. The summed E-state index contributed by atoms with van der Waals surface area (Å²) < 4.78 is 1.82. The van der Waals surface area contributed by atoms with Gasteiger partial charge in [-0.25, -0.2) is 9.97 Å². The van der Waals surface area contributed by atoms with Gasteiger partial charge in [0.15, 0.2) is 0 Å². The Balaban J connectivity index is 1.69. The third-order valence-electron chi connectivity index (χ3n) is 2.27. The lowest BCUT2D eigenvalue weighted by Crippen LogP contribution is -2.17. The molecule has 1 N–H and O–H groups in total. The first-order chi connectivity index (χ1) is 7.84. The first-order valence-electron chi connectivity index (χ1n) is 5.28. The minimum absolute atomic E-state index is 0.799. The molecule has 0 atom stereocenters. The second-order valence-corrected chi connectivity index (χ2v) is 3.65. The molecule has 0 spiro atoms. The average molecular weight is 217 g/mol. The maximum absolute atomic E-state index is 4.31. The number of rotatable bonds is 5. The van der Waals surface area contributed by atoms with Crippen LogP contribution in [0.2, 0.25) is 0 Å². The third-order valence-corrected chi connectivity index (χ3v) is 2.27. The molecule has 0 aliphatic rings. The summed E-state index contributed by atoms with van der Waals surface area (Å²) in [5, 5.41) is 7.64. The monoisotopic (exact) mass is 217 g/mol. The minimum Gasteiger partial charge on any atom is -0.312 e. The Morgan fingerprint density at radius 1 is 1.31 bits per heavy atom. The van der Waals surface area contributed by atoms with Crippen LogP contribution in [-0.4, -0.2) is 26.3 Å². The van der Waals surface area contributed by atoms with Gasteiger partial charge in [-0.05, 0) is 6.07 Å². The van der Waals surface area contributed by atoms with Gasteiger partial charge in [0.2, 0.25) is 0 Å². The molecule has 0 aliphatic heterocycles. The van der Waals surface area contributed by atoms with Crippen LogP contribution in [0.3, 0.4) is 0 Å². The topological polar surface area (TPSA) is 55.6 Å². The summed E-state index contributed by atoms with van der Waals surface area (Å²) in [5.74, 6) is 0. The van der Waals surface area contributed by atoms with Gasteiger partial charge in [-0.1, -0.05) is 0 Å². The zero-order valence-electron chi connectivity index (χ0n) is 9.30. The zero-order chi connectivity index (χ0) is 11.2. The SMILES string of the molecule is Cn1ccc(CCNCc2cncnc2)n1. The van der Waals surface area contributed by atoms with Crippen molar-refractivity contribution in [3.63, 3.8) is 0 Å². The molecule has 2 aromatic rings. The number of aromatic nitrogens is 4. The summed E-state index contributed by atoms with van der Waals surface area (Å²) >= 11 is 0. The highest BCUT2D eigenvalue weighted by Gasteiger charge is 1.96. The van der Waals surface area contributed by atoms with Crippen LogP contribution in [0, 0.1) is 0 Å². The Kier molecular flexibility index (Phi) is 3.61. The van der Waals surface area contributed by atoms with Crippen LogP contribution in [0.25, 0.3) is 0 Å². The van der Waals surface area contributed by atoms with Crippen molar-refractivity contribution in [2.24, 2.45) is 7.05 Å². The van der Waals surface area contributed by atoms with Crippen LogP contribution in [0.5, 0.6) is 0 Å². The van der Waals surface area contributed by atoms with E-state index < -0.39 is 0 Å². The molecule has 0 fully saturated rings. The molecule has 16 heavy (non-hydrogen) atoms. The van der Waals surface area contributed by atoms with Gasteiger partial charge in [-0.2, -0.15) is 5.10 Å². The van der Waals surface area contributed by atoms with Gasteiger partial charge in [0.05, 0.1) is 5.69 Å². The van der Waals surface area contributed by atoms with Crippen molar-refractivity contribution < 1.29 is 0 Å². The fraction of sp³-hybridized carbons (Fsp3) is 0.364. The Labute approximate surface area is 94.5 Å². The van der Waals surface area contributed by atoms with Gasteiger partial charge in [0.1, 0.15) is 6.33 Å². The van der Waals surface area contributed by atoms with E-state index in [1.807, 2.05) is 36.4 Å². The van der Waals surface area contributed by atoms with E-state index in [2.05, 4.69) is 20.4 Å². The van der Waals surface area contributed by atoms with E-state index in [0.29, 0.717) is 0 Å². The standard InChI is InChI=1S/C11H15N5/c1-16-5-3-11(15-16)2-4-12-6-10-7-13-9-14-8-10/h3,5,7-9,12H,2,4,6H2,1H3. The van der Waals surface area contributed by atoms with Crippen LogP contribution < -0.4 is 5.32 Å². The molecule has 0 saturated heterocycles. The summed E-state index contributed by atoms with van der Waals surface area (Å²) in [6, 6.07) is 2.04. The molecule has 0 amide bonds. The second-order valence-electron chi connectivity index (χ2n) is 3.65. The van der Waals surface area contributed by atoms with Crippen LogP contribution in [0.4, 0.5) is 0 Å². The van der Waals surface area contributed by atoms with Gasteiger partial charge in [0, 0.05) is 50.7 Å². The van der Waals surface area contributed by atoms with E-state index in [9.17, 15) is 0 Å². The second kappa shape index (κ2) is 5.37. The summed E-state index contributed by atoms with van der Waals surface area (Å²) in [4.78, 5) is 7.92. The molecule has 5 nitrogen and oxygen atoms in total. The highest BCUT2D eigenvalue weighted by atomic mass is 15.2. The van der Waals surface area contributed by atoms with Gasteiger partial charge in [-0.15, -0.1) is 0 Å². The quantitative estimate of drug-likeness (QED) is 0.743. The van der Waals surface area contributed by atoms with Crippen molar-refractivity contribution in [3.8, 4) is 0 Å². The minimum atomic E-state index is 0.799. The third kappa shape index (κ3) is 3.13. The first kappa shape index (κ1) is 10.8. The van der Waals surface area contributed by atoms with Crippen molar-refractivity contribution in [1.29, 1.82) is 0 Å². The lowest BCUT2D eigenvalue weighted by molar-refractivity contribution is 0.663.